The van der Waals surface area contributed by atoms with E-state index in [9.17, 15) is 14.2 Å². The number of likely N-dealkylation sites (tertiary alicyclic amines) is 1. The predicted octanol–water partition coefficient (Wildman–Crippen LogP) is 8.72. The molecule has 0 spiro atoms. The van der Waals surface area contributed by atoms with E-state index < -0.39 is 19.2 Å². The molecule has 0 bridgehead atoms. The summed E-state index contributed by atoms with van der Waals surface area (Å²) in [5.74, 6) is 0.118. The zero-order valence-corrected chi connectivity index (χ0v) is 28.2. The van der Waals surface area contributed by atoms with Gasteiger partial charge in [0.05, 0.1) is 18.9 Å². The van der Waals surface area contributed by atoms with Crippen molar-refractivity contribution in [2.45, 2.75) is 38.3 Å². The van der Waals surface area contributed by atoms with Crippen LogP contribution in [0.1, 0.15) is 49.4 Å². The fourth-order valence-electron chi connectivity index (χ4n) is 6.60. The first-order chi connectivity index (χ1) is 23.4. The molecule has 1 N–H and O–H groups in total. The Labute approximate surface area is 281 Å². The third-order valence-electron chi connectivity index (χ3n) is 8.90. The number of hydrogen-bond donors (Lipinski definition) is 1. The molecule has 2 amide bonds. The largest absolute Gasteiger partial charge is 0.481 e. The second kappa shape index (κ2) is 15.2. The third-order valence-corrected chi connectivity index (χ3v) is 11.3. The van der Waals surface area contributed by atoms with Crippen molar-refractivity contribution in [2.24, 2.45) is 0 Å². The van der Waals surface area contributed by atoms with Crippen LogP contribution >= 0.6 is 7.60 Å². The van der Waals surface area contributed by atoms with Crippen LogP contribution in [-0.2, 0) is 23.2 Å². The van der Waals surface area contributed by atoms with Crippen LogP contribution in [0.25, 0.3) is 21.5 Å². The van der Waals surface area contributed by atoms with Gasteiger partial charge in [0.15, 0.2) is 18.0 Å². The zero-order chi connectivity index (χ0) is 33.5. The molecule has 248 valence electrons. The van der Waals surface area contributed by atoms with E-state index in [0.29, 0.717) is 36.0 Å². The minimum Gasteiger partial charge on any atom is -0.481 e. The molecule has 0 aliphatic carbocycles. The number of anilines is 1. The van der Waals surface area contributed by atoms with Gasteiger partial charge < -0.3 is 24.0 Å². The van der Waals surface area contributed by atoms with E-state index in [1.54, 1.807) is 26.0 Å². The van der Waals surface area contributed by atoms with Crippen LogP contribution in [-0.4, -0.2) is 49.6 Å². The van der Waals surface area contributed by atoms with Crippen molar-refractivity contribution < 1.29 is 27.9 Å². The van der Waals surface area contributed by atoms with Gasteiger partial charge in [0.25, 0.3) is 5.91 Å². The second-order valence-corrected chi connectivity index (χ2v) is 14.0. The molecule has 1 saturated heterocycles. The Morgan fingerprint density at radius 3 is 2.06 bits per heavy atom. The molecule has 1 unspecified atom stereocenters. The van der Waals surface area contributed by atoms with Crippen molar-refractivity contribution in [1.29, 1.82) is 0 Å². The number of carbonyl (C=O) groups excluding carboxylic acids is 2. The van der Waals surface area contributed by atoms with Crippen molar-refractivity contribution in [3.63, 3.8) is 0 Å². The summed E-state index contributed by atoms with van der Waals surface area (Å²) in [5.41, 5.74) is 0.930. The lowest BCUT2D eigenvalue weighted by molar-refractivity contribution is -0.134. The minimum atomic E-state index is -4.00. The van der Waals surface area contributed by atoms with E-state index in [0.717, 1.165) is 34.4 Å². The number of rotatable bonds is 12. The van der Waals surface area contributed by atoms with Crippen molar-refractivity contribution in [3.8, 4) is 5.75 Å². The predicted molar refractivity (Wildman–Crippen MR) is 191 cm³/mol. The van der Waals surface area contributed by atoms with E-state index in [1.165, 1.54) is 5.56 Å². The SMILES string of the molecule is CCOP(=O)(OCC)C(C(=O)Nc1ccc2ccccc2c1OCC(=O)N1CCC(c2ccccc2)CC1)c1cccc2ccccc12. The van der Waals surface area contributed by atoms with Gasteiger partial charge in [0, 0.05) is 18.5 Å². The Kier molecular flexibility index (Phi) is 10.6. The van der Waals surface area contributed by atoms with Gasteiger partial charge in [-0.3, -0.25) is 14.2 Å². The molecule has 8 nitrogen and oxygen atoms in total. The maximum Gasteiger partial charge on any atom is 0.347 e. The van der Waals surface area contributed by atoms with Crippen molar-refractivity contribution in [1.82, 2.24) is 4.90 Å². The van der Waals surface area contributed by atoms with Gasteiger partial charge in [0.1, 0.15) is 0 Å². The smallest absolute Gasteiger partial charge is 0.347 e. The number of nitrogens with one attached hydrogen (secondary N) is 1. The molecule has 1 heterocycles. The molecule has 1 fully saturated rings. The van der Waals surface area contributed by atoms with Gasteiger partial charge in [-0.15, -0.1) is 0 Å². The van der Waals surface area contributed by atoms with Gasteiger partial charge in [-0.1, -0.05) is 103 Å². The Hall–Kier alpha value is -4.49. The van der Waals surface area contributed by atoms with Crippen LogP contribution < -0.4 is 10.1 Å². The number of nitrogens with zero attached hydrogens (tertiary/aromatic N) is 1. The lowest BCUT2D eigenvalue weighted by atomic mass is 9.89. The van der Waals surface area contributed by atoms with Crippen molar-refractivity contribution in [2.75, 3.05) is 38.2 Å². The summed E-state index contributed by atoms with van der Waals surface area (Å²) in [5, 5.41) is 6.30. The maximum atomic E-state index is 14.4. The third kappa shape index (κ3) is 7.16. The zero-order valence-electron chi connectivity index (χ0n) is 27.3. The average Bonchev–Trinajstić information content (AvgIpc) is 3.12. The topological polar surface area (TPSA) is 94.2 Å². The van der Waals surface area contributed by atoms with E-state index in [4.69, 9.17) is 13.8 Å². The van der Waals surface area contributed by atoms with Crippen LogP contribution in [0.2, 0.25) is 0 Å². The Balaban J connectivity index is 1.28. The normalized spacial score (nSPS) is 14.6. The maximum absolute atomic E-state index is 14.4. The van der Waals surface area contributed by atoms with Gasteiger partial charge in [-0.05, 0) is 66.0 Å². The summed E-state index contributed by atoms with van der Waals surface area (Å²) in [6.07, 6.45) is 1.78. The van der Waals surface area contributed by atoms with E-state index in [-0.39, 0.29) is 25.7 Å². The average molecular weight is 665 g/mol. The lowest BCUT2D eigenvalue weighted by Gasteiger charge is -2.32. The number of piperidine rings is 1. The molecule has 6 rings (SSSR count). The highest BCUT2D eigenvalue weighted by atomic mass is 31.2. The molecule has 0 radical (unpaired) electrons. The van der Waals surface area contributed by atoms with Crippen LogP contribution in [0.15, 0.2) is 109 Å². The fraction of sp³-hybridized carbons (Fsp3) is 0.282. The Morgan fingerprint density at radius 1 is 0.771 bits per heavy atom. The quantitative estimate of drug-likeness (QED) is 0.134. The highest BCUT2D eigenvalue weighted by Gasteiger charge is 2.43. The Morgan fingerprint density at radius 2 is 1.38 bits per heavy atom. The van der Waals surface area contributed by atoms with Crippen LogP contribution in [0.5, 0.6) is 5.75 Å². The lowest BCUT2D eigenvalue weighted by Crippen LogP contribution is -2.40. The minimum absolute atomic E-state index is 0.0981. The van der Waals surface area contributed by atoms with Crippen LogP contribution in [0, 0.1) is 0 Å². The summed E-state index contributed by atoms with van der Waals surface area (Å²) in [6.45, 7) is 4.76. The Bertz CT molecular complexity index is 1920. The van der Waals surface area contributed by atoms with Gasteiger partial charge in [0.2, 0.25) is 5.91 Å². The van der Waals surface area contributed by atoms with Crippen LogP contribution in [0.4, 0.5) is 5.69 Å². The number of ether oxygens (including phenoxy) is 1. The van der Waals surface area contributed by atoms with E-state index in [1.807, 2.05) is 77.7 Å². The molecule has 5 aromatic carbocycles. The summed E-state index contributed by atoms with van der Waals surface area (Å²) in [6, 6.07) is 34.9. The first kappa shape index (κ1) is 33.4. The molecule has 5 aromatic rings. The molecule has 48 heavy (non-hydrogen) atoms. The first-order valence-electron chi connectivity index (χ1n) is 16.6. The van der Waals surface area contributed by atoms with Gasteiger partial charge >= 0.3 is 7.60 Å². The van der Waals surface area contributed by atoms with E-state index >= 15 is 0 Å². The number of amides is 2. The summed E-state index contributed by atoms with van der Waals surface area (Å²) < 4.78 is 32.2. The van der Waals surface area contributed by atoms with Crippen molar-refractivity contribution >= 4 is 46.6 Å². The first-order valence-corrected chi connectivity index (χ1v) is 18.2. The monoisotopic (exact) mass is 664 g/mol. The summed E-state index contributed by atoms with van der Waals surface area (Å²) >= 11 is 0. The number of benzene rings is 5. The van der Waals surface area contributed by atoms with E-state index in [2.05, 4.69) is 29.6 Å². The second-order valence-electron chi connectivity index (χ2n) is 11.9. The molecule has 0 aromatic heterocycles. The number of hydrogen-bond acceptors (Lipinski definition) is 6. The number of fused-ring (bicyclic) bond motifs is 2. The highest BCUT2D eigenvalue weighted by Crippen LogP contribution is 2.62. The fourth-order valence-corrected chi connectivity index (χ4v) is 8.61. The van der Waals surface area contributed by atoms with Gasteiger partial charge in [-0.2, -0.15) is 0 Å². The van der Waals surface area contributed by atoms with Crippen molar-refractivity contribution in [3.05, 3.63) is 120 Å². The highest BCUT2D eigenvalue weighted by molar-refractivity contribution is 7.55. The molecule has 1 aliphatic heterocycles. The molecule has 1 aliphatic rings. The summed E-state index contributed by atoms with van der Waals surface area (Å²) in [7, 11) is -4.00. The molecular weight excluding hydrogens is 623 g/mol. The van der Waals surface area contributed by atoms with Crippen LogP contribution in [0.3, 0.4) is 0 Å². The molecule has 0 saturated carbocycles. The molecule has 9 heteroatoms. The molecular formula is C39H41N2O6P. The molecule has 1 atom stereocenters. The number of carbonyl (C=O) groups is 2. The van der Waals surface area contributed by atoms with Gasteiger partial charge in [-0.25, -0.2) is 0 Å². The standard InChI is InChI=1S/C39H41N2O6P/c1-3-46-48(44,47-4-2)38(34-20-12-17-30-15-8-10-18-32(30)34)39(43)40-35-22-21-31-16-9-11-19-33(31)37(35)45-27-36(42)41-25-23-29(24-26-41)28-13-6-5-7-14-28/h5-22,29,38H,3-4,23-27H2,1-2H3,(H,40,43). The summed E-state index contributed by atoms with van der Waals surface area (Å²) in [4.78, 5) is 29.7.